The van der Waals surface area contributed by atoms with Gasteiger partial charge in [0.2, 0.25) is 0 Å². The zero-order chi connectivity index (χ0) is 37.7. The van der Waals surface area contributed by atoms with Gasteiger partial charge >= 0.3 is 12.2 Å². The van der Waals surface area contributed by atoms with Crippen molar-refractivity contribution in [3.63, 3.8) is 0 Å². The number of aromatic nitrogens is 2. The van der Waals surface area contributed by atoms with E-state index < -0.39 is 49.0 Å². The van der Waals surface area contributed by atoms with Gasteiger partial charge in [-0.1, -0.05) is 59.1 Å². The van der Waals surface area contributed by atoms with Crippen LogP contribution < -0.4 is 10.0 Å². The number of benzene rings is 4. The second-order valence-corrected chi connectivity index (χ2v) is 14.9. The molecule has 0 aliphatic heterocycles. The molecule has 0 radical (unpaired) electrons. The molecule has 0 saturated carbocycles. The molecule has 51 heavy (non-hydrogen) atoms. The molecule has 272 valence electrons. The van der Waals surface area contributed by atoms with Gasteiger partial charge in [-0.3, -0.25) is 9.12 Å². The minimum atomic E-state index is -4.63. The lowest BCUT2D eigenvalue weighted by Gasteiger charge is -2.15. The van der Waals surface area contributed by atoms with Gasteiger partial charge < -0.3 is 10.1 Å². The molecule has 1 atom stereocenters. The summed E-state index contributed by atoms with van der Waals surface area (Å²) in [6.07, 6.45) is -4.76. The van der Waals surface area contributed by atoms with Gasteiger partial charge in [0, 0.05) is 19.3 Å². The Bertz CT molecular complexity index is 2230. The van der Waals surface area contributed by atoms with Crippen LogP contribution in [0.2, 0.25) is 5.02 Å². The molecule has 2 amide bonds. The van der Waals surface area contributed by atoms with E-state index in [0.29, 0.717) is 23.4 Å². The molecule has 0 aliphatic carbocycles. The first kappa shape index (κ1) is 39.3. The number of hydrogen-bond acceptors (Lipinski definition) is 7. The number of amides is 2. The minimum Gasteiger partial charge on any atom is -0.374 e. The van der Waals surface area contributed by atoms with Gasteiger partial charge in [0.25, 0.3) is 20.1 Å². The summed E-state index contributed by atoms with van der Waals surface area (Å²) in [7, 11) is -6.55. The second kappa shape index (κ2) is 15.8. The van der Waals surface area contributed by atoms with Crippen molar-refractivity contribution in [2.45, 2.75) is 49.3 Å². The van der Waals surface area contributed by atoms with Gasteiger partial charge in [-0.05, 0) is 81.3 Å². The number of carbonyl (C=O) groups excluding carboxylic acids is 1. The van der Waals surface area contributed by atoms with Crippen LogP contribution in [0.15, 0.2) is 94.7 Å². The molecule has 0 saturated heterocycles. The lowest BCUT2D eigenvalue weighted by molar-refractivity contribution is -0.137. The molecule has 5 aromatic rings. The lowest BCUT2D eigenvalue weighted by Crippen LogP contribution is -2.40. The van der Waals surface area contributed by atoms with Crippen molar-refractivity contribution in [2.24, 2.45) is 0 Å². The van der Waals surface area contributed by atoms with Gasteiger partial charge in [-0.2, -0.15) is 21.6 Å². The van der Waals surface area contributed by atoms with E-state index in [4.69, 9.17) is 20.9 Å². The van der Waals surface area contributed by atoms with Crippen LogP contribution in [0.3, 0.4) is 0 Å². The van der Waals surface area contributed by atoms with Crippen LogP contribution in [0.4, 0.5) is 18.0 Å². The molecule has 1 heterocycles. The normalized spacial score (nSPS) is 12.6. The third-order valence-corrected chi connectivity index (χ3v) is 10.1. The maximum absolute atomic E-state index is 13.4. The summed E-state index contributed by atoms with van der Waals surface area (Å²) < 4.78 is 104. The summed E-state index contributed by atoms with van der Waals surface area (Å²) in [5.41, 5.74) is 2.83. The van der Waals surface area contributed by atoms with Crippen molar-refractivity contribution in [3.05, 3.63) is 118 Å². The molecule has 0 spiro atoms. The summed E-state index contributed by atoms with van der Waals surface area (Å²) in [6, 6.07) is 20.5. The lowest BCUT2D eigenvalue weighted by atomic mass is 10.1. The number of urea groups is 1. The van der Waals surface area contributed by atoms with Crippen LogP contribution in [-0.2, 0) is 37.5 Å². The standard InChI is InChI=1S/C27H26ClF3N4O4S.C7H8O3S/c1-16-4-10-20(11-5-16)40(37,38)34-26(36)32-13-12-18-6-8-19(9-7-18)35-24-15-22(28)21(27(29,30)31)14-23(24)33-25(35)17(2)39-3;1-6-2-4-7(5-3-6)11(8,9)10/h4-11,14-15,17H,12-13H2,1-3H3,(H2,32,34,36);2-5H,1H3,(H,8,9,10). The average molecular weight is 767 g/mol. The molecule has 5 rings (SSSR count). The van der Waals surface area contributed by atoms with E-state index in [-0.39, 0.29) is 21.9 Å². The monoisotopic (exact) mass is 766 g/mol. The number of halogens is 4. The number of alkyl halides is 3. The SMILES string of the molecule is COC(C)c1nc2cc(C(F)(F)F)c(Cl)cc2n1-c1ccc(CCNC(=O)NS(=O)(=O)c2ccc(C)cc2)cc1.Cc1ccc(S(=O)(=O)O)cc1. The van der Waals surface area contributed by atoms with E-state index in [2.05, 4.69) is 10.3 Å². The molecular formula is C34H34ClF3N4O7S2. The quantitative estimate of drug-likeness (QED) is 0.133. The summed E-state index contributed by atoms with van der Waals surface area (Å²) >= 11 is 5.99. The number of hydrogen-bond donors (Lipinski definition) is 3. The molecule has 1 unspecified atom stereocenters. The smallest absolute Gasteiger partial charge is 0.374 e. The number of fused-ring (bicyclic) bond motifs is 1. The maximum Gasteiger partial charge on any atom is 0.417 e. The molecule has 0 fully saturated rings. The fraction of sp³-hybridized carbons (Fsp3) is 0.235. The molecule has 11 nitrogen and oxygen atoms in total. The van der Waals surface area contributed by atoms with Gasteiger partial charge in [0.05, 0.1) is 31.4 Å². The molecular weight excluding hydrogens is 733 g/mol. The summed E-state index contributed by atoms with van der Waals surface area (Å²) in [5, 5.41) is 2.08. The molecule has 0 aliphatic rings. The Morgan fingerprint density at radius 1 is 0.922 bits per heavy atom. The highest BCUT2D eigenvalue weighted by molar-refractivity contribution is 7.90. The van der Waals surface area contributed by atoms with Crippen molar-refractivity contribution in [3.8, 4) is 5.69 Å². The highest BCUT2D eigenvalue weighted by Crippen LogP contribution is 2.38. The fourth-order valence-corrected chi connectivity index (χ4v) is 6.43. The predicted molar refractivity (Wildman–Crippen MR) is 186 cm³/mol. The molecule has 17 heteroatoms. The fourth-order valence-electron chi connectivity index (χ4n) is 4.76. The Kier molecular flexibility index (Phi) is 12.2. The molecule has 4 aromatic carbocycles. The number of rotatable bonds is 9. The summed E-state index contributed by atoms with van der Waals surface area (Å²) in [4.78, 5) is 16.5. The van der Waals surface area contributed by atoms with E-state index in [9.17, 15) is 34.8 Å². The van der Waals surface area contributed by atoms with Gasteiger partial charge in [-0.25, -0.2) is 22.9 Å². The van der Waals surface area contributed by atoms with Crippen LogP contribution >= 0.6 is 11.6 Å². The number of methoxy groups -OCH3 is 1. The Morgan fingerprint density at radius 3 is 1.98 bits per heavy atom. The van der Waals surface area contributed by atoms with Crippen molar-refractivity contribution in [1.82, 2.24) is 19.6 Å². The first-order valence-electron chi connectivity index (χ1n) is 15.1. The van der Waals surface area contributed by atoms with Gasteiger partial charge in [0.15, 0.2) is 0 Å². The number of aryl methyl sites for hydroxylation is 2. The van der Waals surface area contributed by atoms with Crippen LogP contribution in [-0.4, -0.2) is 50.6 Å². The predicted octanol–water partition coefficient (Wildman–Crippen LogP) is 7.19. The number of sulfonamides is 1. The Hall–Kier alpha value is -4.48. The van der Waals surface area contributed by atoms with Crippen LogP contribution in [0.25, 0.3) is 16.7 Å². The summed E-state index contributed by atoms with van der Waals surface area (Å²) in [5.74, 6) is 0.397. The molecule has 1 aromatic heterocycles. The van der Waals surface area contributed by atoms with Gasteiger partial charge in [0.1, 0.15) is 11.9 Å². The Balaban J connectivity index is 0.000000452. The first-order valence-corrected chi connectivity index (χ1v) is 18.4. The Morgan fingerprint density at radius 2 is 1.47 bits per heavy atom. The van der Waals surface area contributed by atoms with Crippen molar-refractivity contribution < 1.29 is 44.1 Å². The first-order chi connectivity index (χ1) is 23.8. The Labute approximate surface area is 298 Å². The van der Waals surface area contributed by atoms with Crippen molar-refractivity contribution >= 4 is 48.8 Å². The number of nitrogens with one attached hydrogen (secondary N) is 2. The maximum atomic E-state index is 13.4. The number of nitrogens with zero attached hydrogens (tertiary/aromatic N) is 2. The highest BCUT2D eigenvalue weighted by Gasteiger charge is 2.34. The topological polar surface area (TPSA) is 157 Å². The van der Waals surface area contributed by atoms with Crippen molar-refractivity contribution in [1.29, 1.82) is 0 Å². The number of imidazole rings is 1. The van der Waals surface area contributed by atoms with E-state index in [1.807, 2.05) is 18.6 Å². The van der Waals surface area contributed by atoms with Crippen LogP contribution in [0, 0.1) is 13.8 Å². The van der Waals surface area contributed by atoms with Crippen LogP contribution in [0.5, 0.6) is 0 Å². The summed E-state index contributed by atoms with van der Waals surface area (Å²) in [6.45, 7) is 5.55. The van der Waals surface area contributed by atoms with Crippen LogP contribution in [0.1, 0.15) is 41.1 Å². The third kappa shape index (κ3) is 10.1. The van der Waals surface area contributed by atoms with E-state index in [0.717, 1.165) is 22.8 Å². The largest absolute Gasteiger partial charge is 0.417 e. The number of carbonyl (C=O) groups is 1. The average Bonchev–Trinajstić information content (AvgIpc) is 3.42. The molecule has 3 N–H and O–H groups in total. The highest BCUT2D eigenvalue weighted by atomic mass is 35.5. The zero-order valence-electron chi connectivity index (χ0n) is 27.7. The zero-order valence-corrected chi connectivity index (χ0v) is 30.1. The minimum absolute atomic E-state index is 0.0195. The number of ether oxygens (including phenoxy) is 1. The third-order valence-electron chi connectivity index (χ3n) is 7.56. The van der Waals surface area contributed by atoms with Crippen molar-refractivity contribution in [2.75, 3.05) is 13.7 Å². The van der Waals surface area contributed by atoms with E-state index in [1.54, 1.807) is 60.0 Å². The molecule has 0 bridgehead atoms. The second-order valence-electron chi connectivity index (χ2n) is 11.4. The van der Waals surface area contributed by atoms with Gasteiger partial charge in [-0.15, -0.1) is 0 Å². The van der Waals surface area contributed by atoms with E-state index >= 15 is 0 Å². The van der Waals surface area contributed by atoms with E-state index in [1.165, 1.54) is 37.4 Å².